The van der Waals surface area contributed by atoms with Gasteiger partial charge < -0.3 is 9.47 Å². The Bertz CT molecular complexity index is 1420. The third-order valence-corrected chi connectivity index (χ3v) is 8.11. The Labute approximate surface area is 197 Å². The summed E-state index contributed by atoms with van der Waals surface area (Å²) in [5.41, 5.74) is 0.234. The molecule has 11 heteroatoms. The highest BCUT2D eigenvalue weighted by atomic mass is 32.2. The summed E-state index contributed by atoms with van der Waals surface area (Å²) in [7, 11) is -1.66. The van der Waals surface area contributed by atoms with E-state index in [0.717, 1.165) is 23.0 Å². The van der Waals surface area contributed by atoms with Crippen LogP contribution in [0.1, 0.15) is 31.7 Å². The van der Waals surface area contributed by atoms with Gasteiger partial charge in [-0.2, -0.15) is 0 Å². The van der Waals surface area contributed by atoms with Gasteiger partial charge in [-0.1, -0.05) is 43.7 Å². The Morgan fingerprint density at radius 3 is 2.56 bits per heavy atom. The monoisotopic (exact) mass is 487 g/mol. The van der Waals surface area contributed by atoms with E-state index in [2.05, 4.69) is 4.98 Å². The summed E-state index contributed by atoms with van der Waals surface area (Å²) in [4.78, 5) is 45.6. The van der Waals surface area contributed by atoms with Crippen molar-refractivity contribution in [3.63, 3.8) is 0 Å². The molecule has 1 atom stereocenters. The fourth-order valence-corrected chi connectivity index (χ4v) is 6.09. The zero-order valence-corrected chi connectivity index (χ0v) is 20.2. The Morgan fingerprint density at radius 1 is 1.18 bits per heavy atom. The molecule has 0 aliphatic carbocycles. The van der Waals surface area contributed by atoms with Crippen molar-refractivity contribution in [2.24, 2.45) is 0 Å². The van der Waals surface area contributed by atoms with Crippen molar-refractivity contribution in [1.82, 2.24) is 23.6 Å². The van der Waals surface area contributed by atoms with Crippen molar-refractivity contribution in [3.05, 3.63) is 63.1 Å². The molecule has 182 valence electrons. The first-order valence-corrected chi connectivity index (χ1v) is 13.2. The van der Waals surface area contributed by atoms with Gasteiger partial charge in [-0.05, 0) is 18.4 Å². The fraction of sp³-hybridized carbons (Fsp3) is 0.478. The number of amides is 1. The average molecular weight is 488 g/mol. The van der Waals surface area contributed by atoms with Gasteiger partial charge in [-0.25, -0.2) is 22.8 Å². The molecule has 4 rings (SSSR count). The zero-order valence-electron chi connectivity index (χ0n) is 19.4. The van der Waals surface area contributed by atoms with E-state index in [9.17, 15) is 22.8 Å². The van der Waals surface area contributed by atoms with E-state index in [1.165, 1.54) is 16.5 Å². The number of hydrogen-bond donors (Lipinski definition) is 0. The highest BCUT2D eigenvalue weighted by molar-refractivity contribution is 7.91. The van der Waals surface area contributed by atoms with Crippen molar-refractivity contribution in [2.75, 3.05) is 18.6 Å². The molecule has 1 aliphatic heterocycles. The van der Waals surface area contributed by atoms with E-state index in [0.29, 0.717) is 13.0 Å². The van der Waals surface area contributed by atoms with Crippen LogP contribution in [0.15, 0.2) is 46.2 Å². The number of unbranched alkanes of at least 4 members (excludes halogenated alkanes) is 1. The van der Waals surface area contributed by atoms with Crippen LogP contribution in [0.25, 0.3) is 11.2 Å². The van der Waals surface area contributed by atoms with E-state index in [1.54, 1.807) is 10.9 Å². The van der Waals surface area contributed by atoms with Gasteiger partial charge in [0.1, 0.15) is 6.54 Å². The number of hydrogen-bond acceptors (Lipinski definition) is 6. The number of carbonyl (C=O) groups excluding carboxylic acids is 1. The van der Waals surface area contributed by atoms with Crippen molar-refractivity contribution in [3.8, 4) is 0 Å². The molecule has 3 heterocycles. The maximum absolute atomic E-state index is 13.4. The molecule has 1 fully saturated rings. The molecule has 1 saturated heterocycles. The summed E-state index contributed by atoms with van der Waals surface area (Å²) in [6.45, 7) is 2.35. The van der Waals surface area contributed by atoms with Crippen LogP contribution in [0.5, 0.6) is 0 Å². The Balaban J connectivity index is 1.76. The molecule has 34 heavy (non-hydrogen) atoms. The summed E-state index contributed by atoms with van der Waals surface area (Å²) < 4.78 is 27.8. The molecule has 0 radical (unpaired) electrons. The number of nitrogens with zero attached hydrogens (tertiary/aromatic N) is 5. The van der Waals surface area contributed by atoms with Crippen LogP contribution in [0, 0.1) is 0 Å². The lowest BCUT2D eigenvalue weighted by atomic mass is 10.2. The van der Waals surface area contributed by atoms with Crippen LogP contribution in [0.4, 0.5) is 0 Å². The Morgan fingerprint density at radius 2 is 1.91 bits per heavy atom. The van der Waals surface area contributed by atoms with Crippen LogP contribution in [-0.2, 0) is 34.3 Å². The van der Waals surface area contributed by atoms with E-state index in [4.69, 9.17) is 0 Å². The summed E-state index contributed by atoms with van der Waals surface area (Å²) in [5.74, 6) is -0.557. The minimum atomic E-state index is -3.18. The van der Waals surface area contributed by atoms with Gasteiger partial charge >= 0.3 is 5.69 Å². The fourth-order valence-electron chi connectivity index (χ4n) is 4.32. The van der Waals surface area contributed by atoms with Crippen LogP contribution in [-0.4, -0.2) is 62.5 Å². The van der Waals surface area contributed by atoms with Crippen molar-refractivity contribution in [2.45, 2.75) is 51.9 Å². The summed E-state index contributed by atoms with van der Waals surface area (Å²) in [6.07, 6.45) is 3.66. The summed E-state index contributed by atoms with van der Waals surface area (Å²) in [5, 5.41) is 0. The largest absolute Gasteiger partial charge is 0.340 e. The molecule has 0 bridgehead atoms. The quantitative estimate of drug-likeness (QED) is 0.465. The lowest BCUT2D eigenvalue weighted by Gasteiger charge is -2.23. The number of imidazole rings is 1. The number of carbonyl (C=O) groups is 1. The number of benzene rings is 1. The maximum atomic E-state index is 13.4. The van der Waals surface area contributed by atoms with Crippen molar-refractivity contribution >= 4 is 26.9 Å². The summed E-state index contributed by atoms with van der Waals surface area (Å²) in [6, 6.07) is 8.89. The third-order valence-electron chi connectivity index (χ3n) is 6.36. The molecule has 10 nitrogen and oxygen atoms in total. The molecule has 2 aromatic heterocycles. The van der Waals surface area contributed by atoms with Gasteiger partial charge in [0, 0.05) is 19.6 Å². The average Bonchev–Trinajstić information content (AvgIpc) is 3.41. The first-order valence-electron chi connectivity index (χ1n) is 11.4. The van der Waals surface area contributed by atoms with Gasteiger partial charge in [0.15, 0.2) is 21.0 Å². The number of rotatable bonds is 8. The Hall–Kier alpha value is -3.21. The van der Waals surface area contributed by atoms with Crippen LogP contribution in [0.2, 0.25) is 0 Å². The number of aryl methyl sites for hydroxylation is 1. The van der Waals surface area contributed by atoms with E-state index in [1.807, 2.05) is 37.3 Å². The second kappa shape index (κ2) is 9.57. The lowest BCUT2D eigenvalue weighted by molar-refractivity contribution is -0.132. The van der Waals surface area contributed by atoms with E-state index < -0.39 is 39.6 Å². The third kappa shape index (κ3) is 4.70. The second-order valence-electron chi connectivity index (χ2n) is 8.77. The van der Waals surface area contributed by atoms with Crippen LogP contribution >= 0.6 is 0 Å². The smallest absolute Gasteiger partial charge is 0.333 e. The molecular weight excluding hydrogens is 458 g/mol. The highest BCUT2D eigenvalue weighted by Crippen LogP contribution is 2.17. The molecule has 1 aromatic carbocycles. The first kappa shape index (κ1) is 23.9. The van der Waals surface area contributed by atoms with Gasteiger partial charge in [-0.3, -0.25) is 14.2 Å². The van der Waals surface area contributed by atoms with Gasteiger partial charge in [-0.15, -0.1) is 0 Å². The summed E-state index contributed by atoms with van der Waals surface area (Å²) >= 11 is 0. The molecule has 1 aliphatic rings. The van der Waals surface area contributed by atoms with Crippen molar-refractivity contribution < 1.29 is 13.2 Å². The SMILES string of the molecule is CCCCn1cnc2c1c(=O)n(CC(=O)N(C)[C@H]1CCS(=O)(=O)C1)c(=O)n2Cc1ccccc1. The number of sulfone groups is 1. The molecule has 0 spiro atoms. The highest BCUT2D eigenvalue weighted by Gasteiger charge is 2.33. The molecular formula is C23H29N5O5S. The van der Waals surface area contributed by atoms with Crippen LogP contribution in [0.3, 0.4) is 0 Å². The van der Waals surface area contributed by atoms with Gasteiger partial charge in [0.25, 0.3) is 5.56 Å². The normalized spacial score (nSPS) is 17.3. The maximum Gasteiger partial charge on any atom is 0.333 e. The number of fused-ring (bicyclic) bond motifs is 1. The van der Waals surface area contributed by atoms with Crippen LogP contribution < -0.4 is 11.2 Å². The van der Waals surface area contributed by atoms with Gasteiger partial charge in [0.2, 0.25) is 5.91 Å². The minimum absolute atomic E-state index is 0.0295. The van der Waals surface area contributed by atoms with Crippen molar-refractivity contribution in [1.29, 1.82) is 0 Å². The molecule has 0 unspecified atom stereocenters. The first-order chi connectivity index (χ1) is 16.2. The molecule has 1 amide bonds. The second-order valence-corrected chi connectivity index (χ2v) is 11.0. The standard InChI is InChI=1S/C23H29N5O5S/c1-3-4-11-26-16-24-21-20(26)22(30)28(23(31)27(21)13-17-8-6-5-7-9-17)14-19(29)25(2)18-10-12-34(32,33)15-18/h5-9,16,18H,3-4,10-15H2,1-2H3/t18-/m0/s1. The number of aromatic nitrogens is 4. The predicted molar refractivity (Wildman–Crippen MR) is 129 cm³/mol. The predicted octanol–water partition coefficient (Wildman–Crippen LogP) is 0.854. The topological polar surface area (TPSA) is 116 Å². The number of likely N-dealkylation sites (N-methyl/N-ethyl adjacent to an activating group) is 1. The molecule has 0 saturated carbocycles. The van der Waals surface area contributed by atoms with E-state index in [-0.39, 0.29) is 29.2 Å². The van der Waals surface area contributed by atoms with E-state index >= 15 is 0 Å². The van der Waals surface area contributed by atoms with Gasteiger partial charge in [0.05, 0.1) is 24.4 Å². The zero-order chi connectivity index (χ0) is 24.5. The molecule has 3 aromatic rings. The Kier molecular flexibility index (Phi) is 6.74. The minimum Gasteiger partial charge on any atom is -0.340 e. The lowest BCUT2D eigenvalue weighted by Crippen LogP contribution is -2.47. The molecule has 0 N–H and O–H groups in total.